The highest BCUT2D eigenvalue weighted by molar-refractivity contribution is 5.81. The fourth-order valence-electron chi connectivity index (χ4n) is 2.06. The van der Waals surface area contributed by atoms with E-state index in [1.165, 1.54) is 12.8 Å². The predicted molar refractivity (Wildman–Crippen MR) is 67.8 cm³/mol. The zero-order chi connectivity index (χ0) is 12.7. The van der Waals surface area contributed by atoms with E-state index < -0.39 is 6.10 Å². The molecule has 0 spiro atoms. The Balaban J connectivity index is 2.13. The van der Waals surface area contributed by atoms with Crippen LogP contribution in [0.25, 0.3) is 0 Å². The minimum absolute atomic E-state index is 0.0131. The SMILES string of the molecule is CCNC(=O)C(C)NCC(O)CN1CCCC1. The number of hydrogen-bond acceptors (Lipinski definition) is 4. The molecule has 1 amide bonds. The summed E-state index contributed by atoms with van der Waals surface area (Å²) in [5, 5.41) is 15.6. The van der Waals surface area contributed by atoms with Crippen LogP contribution in [0.1, 0.15) is 26.7 Å². The summed E-state index contributed by atoms with van der Waals surface area (Å²) >= 11 is 0. The first-order valence-corrected chi connectivity index (χ1v) is 6.55. The van der Waals surface area contributed by atoms with Crippen LogP contribution in [0, 0.1) is 0 Å². The molecule has 0 saturated carbocycles. The van der Waals surface area contributed by atoms with E-state index in [0.29, 0.717) is 19.6 Å². The van der Waals surface area contributed by atoms with Gasteiger partial charge in [0.25, 0.3) is 0 Å². The van der Waals surface area contributed by atoms with Crippen molar-refractivity contribution >= 4 is 5.91 Å². The summed E-state index contributed by atoms with van der Waals surface area (Å²) in [5.74, 6) is -0.0131. The molecular weight excluding hydrogens is 218 g/mol. The lowest BCUT2D eigenvalue weighted by molar-refractivity contribution is -0.122. The van der Waals surface area contributed by atoms with Crippen molar-refractivity contribution in [3.8, 4) is 0 Å². The van der Waals surface area contributed by atoms with E-state index in [4.69, 9.17) is 0 Å². The van der Waals surface area contributed by atoms with Gasteiger partial charge in [0, 0.05) is 19.6 Å². The smallest absolute Gasteiger partial charge is 0.236 e. The van der Waals surface area contributed by atoms with Gasteiger partial charge in [0.1, 0.15) is 0 Å². The van der Waals surface area contributed by atoms with Crippen molar-refractivity contribution in [3.05, 3.63) is 0 Å². The van der Waals surface area contributed by atoms with Crippen molar-refractivity contribution in [1.82, 2.24) is 15.5 Å². The van der Waals surface area contributed by atoms with Gasteiger partial charge in [-0.2, -0.15) is 0 Å². The number of β-amino-alcohol motifs (C(OH)–C–C–N with tert-alkyl or cyclic N) is 1. The lowest BCUT2D eigenvalue weighted by Crippen LogP contribution is -2.46. The van der Waals surface area contributed by atoms with E-state index in [0.717, 1.165) is 13.1 Å². The van der Waals surface area contributed by atoms with Crippen LogP contribution in [-0.4, -0.2) is 60.8 Å². The molecule has 1 fully saturated rings. The minimum Gasteiger partial charge on any atom is -0.390 e. The third-order valence-corrected chi connectivity index (χ3v) is 3.07. The number of nitrogens with one attached hydrogen (secondary N) is 2. The Morgan fingerprint density at radius 3 is 2.65 bits per heavy atom. The number of amides is 1. The largest absolute Gasteiger partial charge is 0.390 e. The summed E-state index contributed by atoms with van der Waals surface area (Å²) in [5.41, 5.74) is 0. The molecule has 0 aromatic heterocycles. The standard InChI is InChI=1S/C12H25N3O2/c1-3-13-12(17)10(2)14-8-11(16)9-15-6-4-5-7-15/h10-11,14,16H,3-9H2,1-2H3,(H,13,17). The number of aliphatic hydroxyl groups is 1. The van der Waals surface area contributed by atoms with Gasteiger partial charge in [-0.15, -0.1) is 0 Å². The summed E-state index contributed by atoms with van der Waals surface area (Å²) in [6, 6.07) is -0.247. The first-order valence-electron chi connectivity index (χ1n) is 6.55. The fraction of sp³-hybridized carbons (Fsp3) is 0.917. The highest BCUT2D eigenvalue weighted by Crippen LogP contribution is 2.07. The fourth-order valence-corrected chi connectivity index (χ4v) is 2.06. The van der Waals surface area contributed by atoms with Crippen LogP contribution in [-0.2, 0) is 4.79 Å². The third-order valence-electron chi connectivity index (χ3n) is 3.07. The van der Waals surface area contributed by atoms with Gasteiger partial charge < -0.3 is 20.6 Å². The van der Waals surface area contributed by atoms with Gasteiger partial charge in [-0.25, -0.2) is 0 Å². The van der Waals surface area contributed by atoms with Crippen LogP contribution < -0.4 is 10.6 Å². The van der Waals surface area contributed by atoms with Crippen LogP contribution >= 0.6 is 0 Å². The second-order valence-corrected chi connectivity index (χ2v) is 4.69. The Morgan fingerprint density at radius 1 is 1.41 bits per heavy atom. The molecule has 1 heterocycles. The minimum atomic E-state index is -0.398. The summed E-state index contributed by atoms with van der Waals surface area (Å²) in [4.78, 5) is 13.7. The normalized spacial score (nSPS) is 20.2. The van der Waals surface area contributed by atoms with E-state index in [9.17, 15) is 9.90 Å². The Hall–Kier alpha value is -0.650. The molecule has 2 unspecified atom stereocenters. The second kappa shape index (κ2) is 7.63. The maximum absolute atomic E-state index is 11.4. The van der Waals surface area contributed by atoms with Gasteiger partial charge in [0.05, 0.1) is 12.1 Å². The molecule has 5 nitrogen and oxygen atoms in total. The van der Waals surface area contributed by atoms with Gasteiger partial charge in [-0.3, -0.25) is 4.79 Å². The van der Waals surface area contributed by atoms with E-state index in [-0.39, 0.29) is 11.9 Å². The Labute approximate surface area is 104 Å². The molecule has 5 heteroatoms. The molecule has 1 aliphatic rings. The molecule has 0 bridgehead atoms. The van der Waals surface area contributed by atoms with E-state index >= 15 is 0 Å². The lowest BCUT2D eigenvalue weighted by Gasteiger charge is -2.21. The average Bonchev–Trinajstić information content (AvgIpc) is 2.79. The molecule has 2 atom stereocenters. The summed E-state index contributed by atoms with van der Waals surface area (Å²) in [6.07, 6.45) is 2.07. The maximum atomic E-state index is 11.4. The first-order chi connectivity index (χ1) is 8.13. The molecule has 0 aromatic rings. The average molecular weight is 243 g/mol. The topological polar surface area (TPSA) is 64.6 Å². The molecule has 3 N–H and O–H groups in total. The van der Waals surface area contributed by atoms with Crippen molar-refractivity contribution < 1.29 is 9.90 Å². The number of rotatable bonds is 7. The van der Waals surface area contributed by atoms with Crippen molar-refractivity contribution in [3.63, 3.8) is 0 Å². The van der Waals surface area contributed by atoms with Crippen LogP contribution in [0.3, 0.4) is 0 Å². The second-order valence-electron chi connectivity index (χ2n) is 4.69. The summed E-state index contributed by atoms with van der Waals surface area (Å²) < 4.78 is 0. The molecule has 1 aliphatic heterocycles. The molecule has 0 aromatic carbocycles. The highest BCUT2D eigenvalue weighted by atomic mass is 16.3. The van der Waals surface area contributed by atoms with Crippen LogP contribution in [0.2, 0.25) is 0 Å². The molecular formula is C12H25N3O2. The van der Waals surface area contributed by atoms with Gasteiger partial charge in [-0.05, 0) is 39.8 Å². The van der Waals surface area contributed by atoms with Crippen molar-refractivity contribution in [2.24, 2.45) is 0 Å². The number of aliphatic hydroxyl groups excluding tert-OH is 1. The maximum Gasteiger partial charge on any atom is 0.236 e. The predicted octanol–water partition coefficient (Wildman–Crippen LogP) is -0.443. The summed E-state index contributed by atoms with van der Waals surface area (Å²) in [7, 11) is 0. The number of likely N-dealkylation sites (N-methyl/N-ethyl adjacent to an activating group) is 1. The Kier molecular flexibility index (Phi) is 6.47. The monoisotopic (exact) mass is 243 g/mol. The van der Waals surface area contributed by atoms with Crippen molar-refractivity contribution in [2.45, 2.75) is 38.8 Å². The van der Waals surface area contributed by atoms with E-state index in [2.05, 4.69) is 15.5 Å². The molecule has 1 saturated heterocycles. The molecule has 17 heavy (non-hydrogen) atoms. The third kappa shape index (κ3) is 5.48. The first kappa shape index (κ1) is 14.4. The number of carbonyl (C=O) groups excluding carboxylic acids is 1. The Bertz CT molecular complexity index is 230. The van der Waals surface area contributed by atoms with Crippen LogP contribution in [0.15, 0.2) is 0 Å². The lowest BCUT2D eigenvalue weighted by atomic mass is 10.2. The number of nitrogens with zero attached hydrogens (tertiary/aromatic N) is 1. The highest BCUT2D eigenvalue weighted by Gasteiger charge is 2.17. The Morgan fingerprint density at radius 2 is 2.06 bits per heavy atom. The van der Waals surface area contributed by atoms with E-state index in [1.54, 1.807) is 0 Å². The van der Waals surface area contributed by atoms with Gasteiger partial charge in [0.2, 0.25) is 5.91 Å². The van der Waals surface area contributed by atoms with Gasteiger partial charge in [0.15, 0.2) is 0 Å². The zero-order valence-electron chi connectivity index (χ0n) is 10.9. The molecule has 1 rings (SSSR count). The van der Waals surface area contributed by atoms with Crippen molar-refractivity contribution in [2.75, 3.05) is 32.7 Å². The number of likely N-dealkylation sites (tertiary alicyclic amines) is 1. The zero-order valence-corrected chi connectivity index (χ0v) is 10.9. The molecule has 100 valence electrons. The van der Waals surface area contributed by atoms with Crippen LogP contribution in [0.4, 0.5) is 0 Å². The molecule has 0 radical (unpaired) electrons. The number of hydrogen-bond donors (Lipinski definition) is 3. The summed E-state index contributed by atoms with van der Waals surface area (Å²) in [6.45, 7) is 7.69. The van der Waals surface area contributed by atoms with E-state index in [1.807, 2.05) is 13.8 Å². The van der Waals surface area contributed by atoms with Crippen LogP contribution in [0.5, 0.6) is 0 Å². The number of carbonyl (C=O) groups is 1. The van der Waals surface area contributed by atoms with Gasteiger partial charge >= 0.3 is 0 Å². The van der Waals surface area contributed by atoms with Gasteiger partial charge in [-0.1, -0.05) is 0 Å². The van der Waals surface area contributed by atoms with Crippen molar-refractivity contribution in [1.29, 1.82) is 0 Å². The quantitative estimate of drug-likeness (QED) is 0.567. The molecule has 0 aliphatic carbocycles.